The second kappa shape index (κ2) is 12.3. The molecule has 0 bridgehead atoms. The Bertz CT molecular complexity index is 134. The third-order valence-corrected chi connectivity index (χ3v) is 3.41. The monoisotopic (exact) mass is 243 g/mol. The Hall–Kier alpha value is -0.120. The SMILES string of the molecule is CCC(N)CCCCNCCCCC(N)CC. The van der Waals surface area contributed by atoms with E-state index in [9.17, 15) is 0 Å². The van der Waals surface area contributed by atoms with Crippen molar-refractivity contribution < 1.29 is 0 Å². The summed E-state index contributed by atoms with van der Waals surface area (Å²) in [6.07, 6.45) is 9.55. The molecular formula is C14H33N3. The van der Waals surface area contributed by atoms with Crippen LogP contribution in [0.15, 0.2) is 0 Å². The fourth-order valence-corrected chi connectivity index (χ4v) is 1.85. The van der Waals surface area contributed by atoms with E-state index in [1.165, 1.54) is 38.5 Å². The minimum Gasteiger partial charge on any atom is -0.328 e. The van der Waals surface area contributed by atoms with Gasteiger partial charge in [0.2, 0.25) is 0 Å². The van der Waals surface area contributed by atoms with E-state index in [4.69, 9.17) is 11.5 Å². The number of nitrogens with one attached hydrogen (secondary N) is 1. The molecule has 0 saturated heterocycles. The van der Waals surface area contributed by atoms with Crippen LogP contribution in [0.2, 0.25) is 0 Å². The Morgan fingerprint density at radius 1 is 0.765 bits per heavy atom. The predicted octanol–water partition coefficient (Wildman–Crippen LogP) is 2.39. The van der Waals surface area contributed by atoms with Crippen LogP contribution < -0.4 is 16.8 Å². The maximum atomic E-state index is 5.86. The summed E-state index contributed by atoms with van der Waals surface area (Å²) in [7, 11) is 0. The van der Waals surface area contributed by atoms with Gasteiger partial charge < -0.3 is 16.8 Å². The molecule has 0 aliphatic rings. The molecule has 0 spiro atoms. The molecule has 0 aliphatic heterocycles. The van der Waals surface area contributed by atoms with Crippen molar-refractivity contribution in [2.24, 2.45) is 11.5 Å². The van der Waals surface area contributed by atoms with E-state index in [1.54, 1.807) is 0 Å². The normalized spacial score (nSPS) is 14.8. The first-order chi connectivity index (χ1) is 8.20. The lowest BCUT2D eigenvalue weighted by Crippen LogP contribution is -2.21. The van der Waals surface area contributed by atoms with Crippen LogP contribution in [0.5, 0.6) is 0 Å². The van der Waals surface area contributed by atoms with E-state index >= 15 is 0 Å². The van der Waals surface area contributed by atoms with Crippen LogP contribution in [0.1, 0.15) is 65.2 Å². The van der Waals surface area contributed by atoms with Gasteiger partial charge >= 0.3 is 0 Å². The lowest BCUT2D eigenvalue weighted by molar-refractivity contribution is 0.510. The third kappa shape index (κ3) is 12.1. The molecule has 3 nitrogen and oxygen atoms in total. The molecule has 3 heteroatoms. The van der Waals surface area contributed by atoms with Crippen molar-refractivity contribution in [1.29, 1.82) is 0 Å². The Balaban J connectivity index is 3.04. The van der Waals surface area contributed by atoms with E-state index in [-0.39, 0.29) is 0 Å². The van der Waals surface area contributed by atoms with Gasteiger partial charge in [0.15, 0.2) is 0 Å². The van der Waals surface area contributed by atoms with Crippen molar-refractivity contribution >= 4 is 0 Å². The Morgan fingerprint density at radius 3 is 1.53 bits per heavy atom. The summed E-state index contributed by atoms with van der Waals surface area (Å²) in [6, 6.07) is 0.816. The third-order valence-electron chi connectivity index (χ3n) is 3.41. The molecule has 0 aromatic carbocycles. The summed E-state index contributed by atoms with van der Waals surface area (Å²) in [5.74, 6) is 0. The molecule has 5 N–H and O–H groups in total. The van der Waals surface area contributed by atoms with Gasteiger partial charge in [-0.3, -0.25) is 0 Å². The van der Waals surface area contributed by atoms with Gasteiger partial charge in [-0.15, -0.1) is 0 Å². The first-order valence-corrected chi connectivity index (χ1v) is 7.42. The van der Waals surface area contributed by atoms with Gasteiger partial charge in [-0.25, -0.2) is 0 Å². The van der Waals surface area contributed by atoms with Gasteiger partial charge in [-0.1, -0.05) is 26.7 Å². The standard InChI is InChI=1S/C14H33N3/c1-3-13(15)9-5-7-11-17-12-8-6-10-14(16)4-2/h13-14,17H,3-12,15-16H2,1-2H3. The highest BCUT2D eigenvalue weighted by molar-refractivity contribution is 4.60. The number of rotatable bonds is 12. The zero-order valence-corrected chi connectivity index (χ0v) is 11.9. The molecule has 0 fully saturated rings. The predicted molar refractivity (Wildman–Crippen MR) is 77.1 cm³/mol. The van der Waals surface area contributed by atoms with Gasteiger partial charge in [0, 0.05) is 12.1 Å². The molecule has 0 aromatic rings. The molecular weight excluding hydrogens is 210 g/mol. The Morgan fingerprint density at radius 2 is 1.18 bits per heavy atom. The average Bonchev–Trinajstić information content (AvgIpc) is 2.35. The second-order valence-electron chi connectivity index (χ2n) is 5.08. The minimum atomic E-state index is 0.408. The van der Waals surface area contributed by atoms with Crippen molar-refractivity contribution in [1.82, 2.24) is 5.32 Å². The van der Waals surface area contributed by atoms with Crippen LogP contribution in [-0.4, -0.2) is 25.2 Å². The van der Waals surface area contributed by atoms with Crippen LogP contribution in [-0.2, 0) is 0 Å². The topological polar surface area (TPSA) is 64.1 Å². The van der Waals surface area contributed by atoms with E-state index in [2.05, 4.69) is 19.2 Å². The summed E-state index contributed by atoms with van der Waals surface area (Å²) >= 11 is 0. The van der Waals surface area contributed by atoms with E-state index in [0.717, 1.165) is 25.9 Å². The Kier molecular flexibility index (Phi) is 12.3. The quantitative estimate of drug-likeness (QED) is 0.461. The molecule has 2 unspecified atom stereocenters. The Labute approximate surface area is 108 Å². The maximum Gasteiger partial charge on any atom is 0.00362 e. The van der Waals surface area contributed by atoms with Crippen LogP contribution in [0, 0.1) is 0 Å². The van der Waals surface area contributed by atoms with Gasteiger partial charge in [0.05, 0.1) is 0 Å². The molecule has 2 atom stereocenters. The van der Waals surface area contributed by atoms with Crippen LogP contribution in [0.4, 0.5) is 0 Å². The van der Waals surface area contributed by atoms with E-state index in [0.29, 0.717) is 12.1 Å². The van der Waals surface area contributed by atoms with Gasteiger partial charge in [-0.05, 0) is 51.6 Å². The van der Waals surface area contributed by atoms with Crippen molar-refractivity contribution in [3.05, 3.63) is 0 Å². The molecule has 0 amide bonds. The highest BCUT2D eigenvalue weighted by atomic mass is 14.8. The summed E-state index contributed by atoms with van der Waals surface area (Å²) in [5.41, 5.74) is 11.7. The fraction of sp³-hybridized carbons (Fsp3) is 1.00. The average molecular weight is 243 g/mol. The van der Waals surface area contributed by atoms with Crippen molar-refractivity contribution in [3.63, 3.8) is 0 Å². The fourth-order valence-electron chi connectivity index (χ4n) is 1.85. The lowest BCUT2D eigenvalue weighted by Gasteiger charge is -2.09. The lowest BCUT2D eigenvalue weighted by atomic mass is 10.1. The van der Waals surface area contributed by atoms with Crippen LogP contribution in [0.3, 0.4) is 0 Å². The minimum absolute atomic E-state index is 0.408. The first-order valence-electron chi connectivity index (χ1n) is 7.42. The van der Waals surface area contributed by atoms with Crippen LogP contribution in [0.25, 0.3) is 0 Å². The highest BCUT2D eigenvalue weighted by Gasteiger charge is 1.99. The largest absolute Gasteiger partial charge is 0.328 e. The number of unbranched alkanes of at least 4 members (excludes halogenated alkanes) is 2. The molecule has 0 aliphatic carbocycles. The molecule has 0 aromatic heterocycles. The van der Waals surface area contributed by atoms with Crippen molar-refractivity contribution in [2.75, 3.05) is 13.1 Å². The number of nitrogens with two attached hydrogens (primary N) is 2. The van der Waals surface area contributed by atoms with Gasteiger partial charge in [0.25, 0.3) is 0 Å². The maximum absolute atomic E-state index is 5.86. The molecule has 0 rings (SSSR count). The molecule has 0 radical (unpaired) electrons. The van der Waals surface area contributed by atoms with E-state index < -0.39 is 0 Å². The molecule has 17 heavy (non-hydrogen) atoms. The zero-order chi connectivity index (χ0) is 12.9. The first kappa shape index (κ1) is 16.9. The molecule has 104 valence electrons. The summed E-state index contributed by atoms with van der Waals surface area (Å²) in [5, 5.41) is 3.49. The summed E-state index contributed by atoms with van der Waals surface area (Å²) < 4.78 is 0. The highest BCUT2D eigenvalue weighted by Crippen LogP contribution is 2.02. The van der Waals surface area contributed by atoms with Crippen molar-refractivity contribution in [2.45, 2.75) is 77.3 Å². The van der Waals surface area contributed by atoms with Crippen molar-refractivity contribution in [3.8, 4) is 0 Å². The number of hydrogen-bond donors (Lipinski definition) is 3. The molecule has 0 saturated carbocycles. The van der Waals surface area contributed by atoms with Gasteiger partial charge in [0.1, 0.15) is 0 Å². The summed E-state index contributed by atoms with van der Waals surface area (Å²) in [4.78, 5) is 0. The second-order valence-corrected chi connectivity index (χ2v) is 5.08. The number of hydrogen-bond acceptors (Lipinski definition) is 3. The summed E-state index contributed by atoms with van der Waals surface area (Å²) in [6.45, 7) is 6.58. The zero-order valence-electron chi connectivity index (χ0n) is 11.9. The van der Waals surface area contributed by atoms with Gasteiger partial charge in [-0.2, -0.15) is 0 Å². The van der Waals surface area contributed by atoms with E-state index in [1.807, 2.05) is 0 Å². The van der Waals surface area contributed by atoms with Crippen LogP contribution >= 0.6 is 0 Å². The molecule has 0 heterocycles. The smallest absolute Gasteiger partial charge is 0.00362 e.